The van der Waals surface area contributed by atoms with Crippen LogP contribution in [0.4, 0.5) is 0 Å². The highest BCUT2D eigenvalue weighted by Crippen LogP contribution is 2.67. The molecule has 2 nitrogen and oxygen atoms in total. The van der Waals surface area contributed by atoms with Crippen molar-refractivity contribution in [3.63, 3.8) is 0 Å². The van der Waals surface area contributed by atoms with Gasteiger partial charge in [0.25, 0.3) is 0 Å². The van der Waals surface area contributed by atoms with Gasteiger partial charge in [0.15, 0.2) is 0 Å². The third kappa shape index (κ3) is 1.86. The Kier molecular flexibility index (Phi) is 3.34. The fraction of sp³-hybridized carbons (Fsp3) is 0.900. The van der Waals surface area contributed by atoms with Crippen molar-refractivity contribution >= 4 is 0 Å². The summed E-state index contributed by atoms with van der Waals surface area (Å²) >= 11 is 0. The molecule has 4 saturated carbocycles. The highest BCUT2D eigenvalue weighted by atomic mass is 16.3. The number of rotatable bonds is 0. The second-order valence-corrected chi connectivity index (χ2v) is 9.32. The Balaban J connectivity index is 1.64. The average molecular weight is 304 g/mol. The molecular formula is C20H32O2. The maximum atomic E-state index is 10.4. The molecule has 0 saturated heterocycles. The molecule has 1 unspecified atom stereocenters. The molecule has 4 aliphatic carbocycles. The van der Waals surface area contributed by atoms with E-state index in [1.807, 2.05) is 0 Å². The van der Waals surface area contributed by atoms with Gasteiger partial charge in [-0.2, -0.15) is 0 Å². The van der Waals surface area contributed by atoms with Gasteiger partial charge in [0.2, 0.25) is 0 Å². The van der Waals surface area contributed by atoms with E-state index in [0.29, 0.717) is 11.3 Å². The van der Waals surface area contributed by atoms with Crippen LogP contribution in [0.1, 0.15) is 65.2 Å². The molecule has 0 aliphatic heterocycles. The Labute approximate surface area is 135 Å². The standard InChI is InChI=1S/C20H32O2/c1-12-18(22)11-17-15-5-4-13-10-14(21)6-8-20(13,3)16(15)7-9-19(12,17)2/h13-18,21-22H,1,4-11H2,2-3H3/t13-,14-,15-,16+,17+,18?,19-,20+/m1/s1. The van der Waals surface area contributed by atoms with Crippen LogP contribution in [0.15, 0.2) is 12.2 Å². The minimum atomic E-state index is -0.271. The van der Waals surface area contributed by atoms with Crippen LogP contribution < -0.4 is 0 Å². The third-order valence-corrected chi connectivity index (χ3v) is 8.64. The molecule has 0 aromatic rings. The third-order valence-electron chi connectivity index (χ3n) is 8.64. The van der Waals surface area contributed by atoms with E-state index in [1.54, 1.807) is 0 Å². The van der Waals surface area contributed by atoms with E-state index in [4.69, 9.17) is 0 Å². The van der Waals surface area contributed by atoms with Crippen molar-refractivity contribution in [1.29, 1.82) is 0 Å². The molecular weight excluding hydrogens is 272 g/mol. The molecule has 4 fully saturated rings. The molecule has 0 radical (unpaired) electrons. The Bertz CT molecular complexity index is 486. The summed E-state index contributed by atoms with van der Waals surface area (Å²) in [6.07, 6.45) is 8.93. The zero-order chi connectivity index (χ0) is 15.7. The molecule has 4 rings (SSSR count). The van der Waals surface area contributed by atoms with Crippen molar-refractivity contribution in [2.45, 2.75) is 77.4 Å². The van der Waals surface area contributed by atoms with E-state index >= 15 is 0 Å². The molecule has 0 spiro atoms. The van der Waals surface area contributed by atoms with E-state index in [2.05, 4.69) is 20.4 Å². The first kappa shape index (κ1) is 15.2. The van der Waals surface area contributed by atoms with Crippen LogP contribution >= 0.6 is 0 Å². The maximum Gasteiger partial charge on any atom is 0.0756 e. The van der Waals surface area contributed by atoms with E-state index in [9.17, 15) is 10.2 Å². The minimum absolute atomic E-state index is 0.0587. The Morgan fingerprint density at radius 2 is 1.73 bits per heavy atom. The van der Waals surface area contributed by atoms with Crippen molar-refractivity contribution in [2.24, 2.45) is 34.5 Å². The summed E-state index contributed by atoms with van der Waals surface area (Å²) in [5.74, 6) is 2.92. The molecule has 2 N–H and O–H groups in total. The lowest BCUT2D eigenvalue weighted by atomic mass is 9.45. The first-order chi connectivity index (χ1) is 10.4. The highest BCUT2D eigenvalue weighted by molar-refractivity contribution is 5.25. The number of fused-ring (bicyclic) bond motifs is 5. The van der Waals surface area contributed by atoms with Gasteiger partial charge in [-0.1, -0.05) is 20.4 Å². The summed E-state index contributed by atoms with van der Waals surface area (Å²) in [6, 6.07) is 0. The molecule has 0 bridgehead atoms. The normalized spacial score (nSPS) is 57.9. The first-order valence-corrected chi connectivity index (χ1v) is 9.41. The summed E-state index contributed by atoms with van der Waals surface area (Å²) in [5, 5.41) is 20.5. The smallest absolute Gasteiger partial charge is 0.0756 e. The van der Waals surface area contributed by atoms with Crippen LogP contribution in [0.3, 0.4) is 0 Å². The Morgan fingerprint density at radius 3 is 2.50 bits per heavy atom. The van der Waals surface area contributed by atoms with Gasteiger partial charge in [0.1, 0.15) is 0 Å². The fourth-order valence-electron chi connectivity index (χ4n) is 7.15. The summed E-state index contributed by atoms with van der Waals surface area (Å²) in [7, 11) is 0. The lowest BCUT2D eigenvalue weighted by Gasteiger charge is -2.60. The fourth-order valence-corrected chi connectivity index (χ4v) is 7.15. The average Bonchev–Trinajstić information content (AvgIpc) is 2.72. The largest absolute Gasteiger partial charge is 0.393 e. The van der Waals surface area contributed by atoms with Gasteiger partial charge in [-0.05, 0) is 91.4 Å². The molecule has 0 heterocycles. The van der Waals surface area contributed by atoms with Gasteiger partial charge in [-0.25, -0.2) is 0 Å². The molecule has 0 aromatic carbocycles. The number of aliphatic hydroxyl groups is 2. The Hall–Kier alpha value is -0.340. The molecule has 22 heavy (non-hydrogen) atoms. The van der Waals surface area contributed by atoms with Gasteiger partial charge < -0.3 is 10.2 Å². The second kappa shape index (κ2) is 4.83. The lowest BCUT2D eigenvalue weighted by molar-refractivity contribution is -0.117. The molecule has 8 atom stereocenters. The van der Waals surface area contributed by atoms with Crippen molar-refractivity contribution in [2.75, 3.05) is 0 Å². The van der Waals surface area contributed by atoms with Crippen LogP contribution in [0.5, 0.6) is 0 Å². The molecule has 124 valence electrons. The zero-order valence-corrected chi connectivity index (χ0v) is 14.2. The van der Waals surface area contributed by atoms with Crippen LogP contribution in [-0.2, 0) is 0 Å². The first-order valence-electron chi connectivity index (χ1n) is 9.41. The van der Waals surface area contributed by atoms with Crippen LogP contribution in [0.25, 0.3) is 0 Å². The van der Waals surface area contributed by atoms with E-state index in [1.165, 1.54) is 32.1 Å². The summed E-state index contributed by atoms with van der Waals surface area (Å²) in [6.45, 7) is 9.14. The van der Waals surface area contributed by atoms with Crippen molar-refractivity contribution in [3.8, 4) is 0 Å². The molecule has 0 aromatic heterocycles. The van der Waals surface area contributed by atoms with E-state index in [-0.39, 0.29) is 17.6 Å². The predicted octanol–water partition coefficient (Wildman–Crippen LogP) is 3.92. The molecule has 4 aliphatic rings. The maximum absolute atomic E-state index is 10.4. The summed E-state index contributed by atoms with van der Waals surface area (Å²) in [5.41, 5.74) is 1.72. The monoisotopic (exact) mass is 304 g/mol. The van der Waals surface area contributed by atoms with Gasteiger partial charge in [0, 0.05) is 0 Å². The molecule has 2 heteroatoms. The zero-order valence-electron chi connectivity index (χ0n) is 14.2. The topological polar surface area (TPSA) is 40.5 Å². The Morgan fingerprint density at radius 1 is 0.955 bits per heavy atom. The lowest BCUT2D eigenvalue weighted by Crippen LogP contribution is -2.53. The summed E-state index contributed by atoms with van der Waals surface area (Å²) in [4.78, 5) is 0. The SMILES string of the molecule is C=C1C(O)C[C@H]2[C@@H]3CC[C@@H]4C[C@H](O)CC[C@]4(C)[C@H]3CC[C@]12C. The highest BCUT2D eigenvalue weighted by Gasteiger charge is 2.60. The van der Waals surface area contributed by atoms with Gasteiger partial charge in [0.05, 0.1) is 12.2 Å². The van der Waals surface area contributed by atoms with Crippen molar-refractivity contribution < 1.29 is 10.2 Å². The number of aliphatic hydroxyl groups excluding tert-OH is 2. The quantitative estimate of drug-likeness (QED) is 0.666. The second-order valence-electron chi connectivity index (χ2n) is 9.32. The van der Waals surface area contributed by atoms with Gasteiger partial charge in [-0.15, -0.1) is 0 Å². The van der Waals surface area contributed by atoms with Gasteiger partial charge >= 0.3 is 0 Å². The summed E-state index contributed by atoms with van der Waals surface area (Å²) < 4.78 is 0. The molecule has 0 amide bonds. The van der Waals surface area contributed by atoms with Crippen LogP contribution in [0.2, 0.25) is 0 Å². The van der Waals surface area contributed by atoms with Crippen molar-refractivity contribution in [1.82, 2.24) is 0 Å². The predicted molar refractivity (Wildman–Crippen MR) is 88.3 cm³/mol. The van der Waals surface area contributed by atoms with E-state index < -0.39 is 0 Å². The van der Waals surface area contributed by atoms with Crippen LogP contribution in [-0.4, -0.2) is 22.4 Å². The van der Waals surface area contributed by atoms with E-state index in [0.717, 1.165) is 42.6 Å². The van der Waals surface area contributed by atoms with Crippen LogP contribution in [0, 0.1) is 34.5 Å². The number of hydrogen-bond acceptors (Lipinski definition) is 2. The number of hydrogen-bond donors (Lipinski definition) is 2. The van der Waals surface area contributed by atoms with Gasteiger partial charge in [-0.3, -0.25) is 0 Å². The minimum Gasteiger partial charge on any atom is -0.393 e. The van der Waals surface area contributed by atoms with Crippen molar-refractivity contribution in [3.05, 3.63) is 12.2 Å².